The first-order valence-electron chi connectivity index (χ1n) is 22.0. The predicted octanol–water partition coefficient (Wildman–Crippen LogP) is 15.6. The maximum absolute atomic E-state index is 13.6. The molecule has 2 aliphatic carbocycles. The molecule has 0 amide bonds. The molecule has 6 aromatic rings. The highest BCUT2D eigenvalue weighted by Gasteiger charge is 2.41. The number of fused-ring (bicyclic) bond motifs is 2. The molecule has 0 radical (unpaired) electrons. The molecule has 2 heterocycles. The van der Waals surface area contributed by atoms with Crippen LogP contribution in [0.4, 0.5) is 61.5 Å². The van der Waals surface area contributed by atoms with E-state index in [1.807, 2.05) is 26.0 Å². The van der Waals surface area contributed by atoms with Gasteiger partial charge < -0.3 is 9.47 Å². The fourth-order valence-electron chi connectivity index (χ4n) is 9.02. The predicted molar refractivity (Wildman–Crippen MR) is 231 cm³/mol. The van der Waals surface area contributed by atoms with Gasteiger partial charge in [-0.3, -0.25) is 9.97 Å². The van der Waals surface area contributed by atoms with E-state index in [1.165, 1.54) is 38.1 Å². The van der Waals surface area contributed by atoms with Crippen LogP contribution in [0.25, 0.3) is 0 Å². The second kappa shape index (κ2) is 20.1. The van der Waals surface area contributed by atoms with Gasteiger partial charge in [0, 0.05) is 35.6 Å². The summed E-state index contributed by atoms with van der Waals surface area (Å²) in [7, 11) is 0. The van der Waals surface area contributed by atoms with E-state index in [9.17, 15) is 61.5 Å². The summed E-state index contributed by atoms with van der Waals surface area (Å²) in [4.78, 5) is 8.96. The monoisotopic (exact) mass is 994 g/mol. The van der Waals surface area contributed by atoms with Crippen LogP contribution in [-0.4, -0.2) is 22.2 Å². The molecule has 8 rings (SSSR count). The summed E-state index contributed by atoms with van der Waals surface area (Å²) < 4.78 is 199. The van der Waals surface area contributed by atoms with Crippen LogP contribution in [-0.2, 0) is 47.0 Å². The van der Waals surface area contributed by atoms with Gasteiger partial charge in [-0.15, -0.1) is 0 Å². The molecule has 6 atom stereocenters. The summed E-state index contributed by atoms with van der Waals surface area (Å²) in [5.41, 5.74) is 0.568. The van der Waals surface area contributed by atoms with Crippen molar-refractivity contribution < 1.29 is 70.9 Å². The van der Waals surface area contributed by atoms with Crippen molar-refractivity contribution in [3.05, 3.63) is 199 Å². The Morgan fingerprint density at radius 1 is 0.457 bits per heavy atom. The molecule has 0 fully saturated rings. The molecule has 372 valence electrons. The number of halogens is 14. The third kappa shape index (κ3) is 12.2. The molecule has 0 saturated carbocycles. The van der Waals surface area contributed by atoms with Gasteiger partial charge in [-0.25, -0.2) is 8.78 Å². The summed E-state index contributed by atoms with van der Waals surface area (Å²) in [6, 6.07) is 18.4. The Labute approximate surface area is 393 Å². The lowest BCUT2D eigenvalue weighted by atomic mass is 9.78. The quantitative estimate of drug-likeness (QED) is 0.143. The summed E-state index contributed by atoms with van der Waals surface area (Å²) in [5, 5.41) is 0. The van der Waals surface area contributed by atoms with Crippen LogP contribution in [0, 0.1) is 25.5 Å². The molecule has 0 unspecified atom stereocenters. The lowest BCUT2D eigenvalue weighted by Gasteiger charge is -2.35. The minimum absolute atomic E-state index is 0.100. The first-order valence-corrected chi connectivity index (χ1v) is 22.0. The van der Waals surface area contributed by atoms with Crippen LogP contribution in [0.3, 0.4) is 0 Å². The van der Waals surface area contributed by atoms with Gasteiger partial charge in [0.15, 0.2) is 0 Å². The Hall–Kier alpha value is -5.88. The molecular formula is C52H44F14N2O2. The van der Waals surface area contributed by atoms with E-state index in [1.54, 1.807) is 36.7 Å². The third-order valence-corrected chi connectivity index (χ3v) is 12.4. The molecule has 4 aromatic carbocycles. The van der Waals surface area contributed by atoms with Gasteiger partial charge in [0.25, 0.3) is 0 Å². The molecular weight excluding hydrogens is 951 g/mol. The number of hydrogen-bond donors (Lipinski definition) is 0. The van der Waals surface area contributed by atoms with Gasteiger partial charge in [-0.2, -0.15) is 52.7 Å². The van der Waals surface area contributed by atoms with Crippen LogP contribution < -0.4 is 0 Å². The van der Waals surface area contributed by atoms with E-state index in [4.69, 9.17) is 9.47 Å². The maximum Gasteiger partial charge on any atom is 0.416 e. The Balaban J connectivity index is 0.000000206. The standard InChI is InChI=1S/2C26H22F7NO/c2*1-14-9-21-22(34-13-14)7-8-23(24(21)16-3-5-20(27)6-4-16)35-15(2)17-10-18(25(28,29)30)12-19(11-17)26(31,32)33/h2*3-6,9-13,15,23-24H,7-8H2,1-2H3/t2*15-,23+,24+/m11/s1. The average molecular weight is 995 g/mol. The zero-order valence-electron chi connectivity index (χ0n) is 37.7. The molecule has 18 heteroatoms. The summed E-state index contributed by atoms with van der Waals surface area (Å²) >= 11 is 0. The number of hydrogen-bond acceptors (Lipinski definition) is 4. The van der Waals surface area contributed by atoms with E-state index >= 15 is 0 Å². The van der Waals surface area contributed by atoms with Gasteiger partial charge in [0.1, 0.15) is 11.6 Å². The highest BCUT2D eigenvalue weighted by molar-refractivity contribution is 5.43. The number of rotatable bonds is 8. The Bertz CT molecular complexity index is 2530. The van der Waals surface area contributed by atoms with Crippen molar-refractivity contribution in [3.8, 4) is 0 Å². The van der Waals surface area contributed by atoms with Crippen LogP contribution >= 0.6 is 0 Å². The van der Waals surface area contributed by atoms with Crippen molar-refractivity contribution in [1.82, 2.24) is 9.97 Å². The van der Waals surface area contributed by atoms with Crippen molar-refractivity contribution in [2.24, 2.45) is 0 Å². The number of aromatic nitrogens is 2. The first-order chi connectivity index (χ1) is 32.6. The molecule has 0 bridgehead atoms. The van der Waals surface area contributed by atoms with E-state index in [-0.39, 0.29) is 23.3 Å². The molecule has 2 aliphatic rings. The van der Waals surface area contributed by atoms with Crippen LogP contribution in [0.15, 0.2) is 109 Å². The number of pyridine rings is 2. The second-order valence-corrected chi connectivity index (χ2v) is 17.5. The van der Waals surface area contributed by atoms with Crippen molar-refractivity contribution >= 4 is 0 Å². The Morgan fingerprint density at radius 2 is 0.757 bits per heavy atom. The molecule has 0 N–H and O–H groups in total. The Kier molecular flexibility index (Phi) is 14.9. The van der Waals surface area contributed by atoms with E-state index in [0.29, 0.717) is 49.9 Å². The van der Waals surface area contributed by atoms with E-state index in [2.05, 4.69) is 9.97 Å². The van der Waals surface area contributed by atoms with Crippen molar-refractivity contribution in [3.63, 3.8) is 0 Å². The van der Waals surface area contributed by atoms with Gasteiger partial charge in [-0.05, 0) is 159 Å². The largest absolute Gasteiger partial charge is 0.416 e. The number of ether oxygens (including phenoxy) is 2. The first kappa shape index (κ1) is 52.0. The van der Waals surface area contributed by atoms with Gasteiger partial charge >= 0.3 is 24.7 Å². The third-order valence-electron chi connectivity index (χ3n) is 12.4. The van der Waals surface area contributed by atoms with Crippen molar-refractivity contribution in [1.29, 1.82) is 0 Å². The molecule has 4 nitrogen and oxygen atoms in total. The SMILES string of the molecule is Cc1cnc2c(c1)[C@H](c1ccc(F)cc1)[C@@H](O[C@H](C)c1cc(C(F)(F)F)cc(C(F)(F)F)c1)CC2.Cc1cnc2c(c1)[C@H](c1ccc(F)cc1)[C@@H](O[C@H](C)c1cc(C(F)(F)F)cc(C(F)(F)F)c1)CC2. The molecule has 70 heavy (non-hydrogen) atoms. The van der Waals surface area contributed by atoms with Crippen LogP contribution in [0.5, 0.6) is 0 Å². The highest BCUT2D eigenvalue weighted by Crippen LogP contribution is 2.45. The van der Waals surface area contributed by atoms with Gasteiger partial charge in [-0.1, -0.05) is 36.4 Å². The van der Waals surface area contributed by atoms with Gasteiger partial charge in [0.2, 0.25) is 0 Å². The molecule has 0 saturated heterocycles. The minimum atomic E-state index is -4.95. The molecule has 0 spiro atoms. The number of aryl methyl sites for hydroxylation is 4. The Morgan fingerprint density at radius 3 is 1.04 bits per heavy atom. The highest BCUT2D eigenvalue weighted by atomic mass is 19.4. The summed E-state index contributed by atoms with van der Waals surface area (Å²) in [5.74, 6) is -1.69. The smallest absolute Gasteiger partial charge is 0.370 e. The molecule has 0 aliphatic heterocycles. The number of alkyl halides is 12. The van der Waals surface area contributed by atoms with Crippen molar-refractivity contribution in [2.45, 2.75) is 114 Å². The number of nitrogens with zero attached hydrogens (tertiary/aromatic N) is 2. The zero-order chi connectivity index (χ0) is 51.1. The summed E-state index contributed by atoms with van der Waals surface area (Å²) in [6.45, 7) is 6.59. The molecule has 2 aromatic heterocycles. The van der Waals surface area contributed by atoms with E-state index in [0.717, 1.165) is 44.8 Å². The summed E-state index contributed by atoms with van der Waals surface area (Å²) in [6.07, 6.45) is -17.7. The lowest BCUT2D eigenvalue weighted by molar-refractivity contribution is -0.145. The normalized spacial score (nSPS) is 19.3. The minimum Gasteiger partial charge on any atom is -0.370 e. The van der Waals surface area contributed by atoms with Gasteiger partial charge in [0.05, 0.1) is 46.7 Å². The second-order valence-electron chi connectivity index (χ2n) is 17.5. The van der Waals surface area contributed by atoms with Crippen LogP contribution in [0.2, 0.25) is 0 Å². The maximum atomic E-state index is 13.6. The van der Waals surface area contributed by atoms with E-state index < -0.39 is 94.8 Å². The zero-order valence-corrected chi connectivity index (χ0v) is 37.7. The average Bonchev–Trinajstić information content (AvgIpc) is 3.28. The van der Waals surface area contributed by atoms with Crippen LogP contribution in [0.1, 0.15) is 129 Å². The van der Waals surface area contributed by atoms with Crippen molar-refractivity contribution in [2.75, 3.05) is 0 Å². The topological polar surface area (TPSA) is 44.2 Å². The fraction of sp³-hybridized carbons (Fsp3) is 0.346. The fourth-order valence-corrected chi connectivity index (χ4v) is 9.02. The lowest BCUT2D eigenvalue weighted by Crippen LogP contribution is -2.31. The number of benzene rings is 4.